The largest absolute Gasteiger partial charge is 0.294 e. The first-order chi connectivity index (χ1) is 6.45. The van der Waals surface area contributed by atoms with Gasteiger partial charge in [0.15, 0.2) is 0 Å². The van der Waals surface area contributed by atoms with E-state index < -0.39 is 10.1 Å². The Hall–Kier alpha value is -0.870. The maximum Gasteiger partial charge on any atom is 0.294 e. The van der Waals surface area contributed by atoms with Crippen LogP contribution in [0.2, 0.25) is 0 Å². The summed E-state index contributed by atoms with van der Waals surface area (Å²) < 4.78 is 31.1. The molecule has 0 saturated heterocycles. The smallest absolute Gasteiger partial charge is 0.282 e. The van der Waals surface area contributed by atoms with E-state index in [0.29, 0.717) is 12.0 Å². The normalized spacial score (nSPS) is 11.6. The molecule has 78 valence electrons. The van der Waals surface area contributed by atoms with Crippen LogP contribution in [-0.4, -0.2) is 13.0 Å². The van der Waals surface area contributed by atoms with Crippen molar-refractivity contribution in [3.8, 4) is 0 Å². The van der Waals surface area contributed by atoms with Crippen molar-refractivity contribution in [2.45, 2.75) is 31.6 Å². The lowest BCUT2D eigenvalue weighted by atomic mass is 10.1. The van der Waals surface area contributed by atoms with Gasteiger partial charge in [0.25, 0.3) is 10.1 Å². The summed E-state index contributed by atoms with van der Waals surface area (Å²) in [6, 6.07) is 5.10. The molecule has 0 spiro atoms. The van der Waals surface area contributed by atoms with Gasteiger partial charge >= 0.3 is 0 Å². The van der Waals surface area contributed by atoms with Gasteiger partial charge < -0.3 is 0 Å². The van der Waals surface area contributed by atoms with Crippen molar-refractivity contribution in [2.24, 2.45) is 0 Å². The van der Waals surface area contributed by atoms with Gasteiger partial charge in [-0.1, -0.05) is 25.5 Å². The van der Waals surface area contributed by atoms with Gasteiger partial charge in [-0.25, -0.2) is 0 Å². The van der Waals surface area contributed by atoms with Crippen molar-refractivity contribution >= 4 is 10.1 Å². The standard InChI is InChI=1S/C10H14O3S/c1-3-4-9-6-5-8(2)7-10(9)14(11,12)13/h5-7H,3-4H2,1-2H3,(H,11,12,13). The van der Waals surface area contributed by atoms with Gasteiger partial charge in [0.05, 0.1) is 4.90 Å². The molecule has 1 aromatic rings. The van der Waals surface area contributed by atoms with Gasteiger partial charge in [-0.15, -0.1) is 0 Å². The van der Waals surface area contributed by atoms with Crippen LogP contribution in [0.4, 0.5) is 0 Å². The van der Waals surface area contributed by atoms with Crippen molar-refractivity contribution < 1.29 is 13.0 Å². The van der Waals surface area contributed by atoms with E-state index in [2.05, 4.69) is 0 Å². The topological polar surface area (TPSA) is 54.4 Å². The average Bonchev–Trinajstić information content (AvgIpc) is 2.07. The third kappa shape index (κ3) is 2.56. The van der Waals surface area contributed by atoms with Crippen LogP contribution in [0, 0.1) is 6.92 Å². The van der Waals surface area contributed by atoms with Gasteiger partial charge in [-0.3, -0.25) is 4.55 Å². The fraction of sp³-hybridized carbons (Fsp3) is 0.400. The second-order valence-electron chi connectivity index (χ2n) is 3.34. The molecule has 0 aliphatic carbocycles. The molecule has 1 aromatic carbocycles. The monoisotopic (exact) mass is 214 g/mol. The molecule has 14 heavy (non-hydrogen) atoms. The Morgan fingerprint density at radius 3 is 2.50 bits per heavy atom. The van der Waals surface area contributed by atoms with E-state index in [1.165, 1.54) is 6.07 Å². The van der Waals surface area contributed by atoms with Crippen LogP contribution in [0.1, 0.15) is 24.5 Å². The Bertz CT molecular complexity index is 421. The number of benzene rings is 1. The molecule has 3 nitrogen and oxygen atoms in total. The lowest BCUT2D eigenvalue weighted by Crippen LogP contribution is -2.03. The molecule has 0 unspecified atom stereocenters. The summed E-state index contributed by atoms with van der Waals surface area (Å²) in [6.45, 7) is 3.76. The van der Waals surface area contributed by atoms with E-state index in [9.17, 15) is 8.42 Å². The molecule has 0 heterocycles. The van der Waals surface area contributed by atoms with Crippen LogP contribution < -0.4 is 0 Å². The van der Waals surface area contributed by atoms with Crippen molar-refractivity contribution in [3.05, 3.63) is 29.3 Å². The van der Waals surface area contributed by atoms with Crippen LogP contribution in [0.15, 0.2) is 23.1 Å². The summed E-state index contributed by atoms with van der Waals surface area (Å²) in [6.07, 6.45) is 1.51. The lowest BCUT2D eigenvalue weighted by molar-refractivity contribution is 0.482. The van der Waals surface area contributed by atoms with E-state index >= 15 is 0 Å². The zero-order valence-electron chi connectivity index (χ0n) is 8.32. The van der Waals surface area contributed by atoms with E-state index in [1.54, 1.807) is 13.0 Å². The zero-order valence-corrected chi connectivity index (χ0v) is 9.13. The Morgan fingerprint density at radius 2 is 2.00 bits per heavy atom. The zero-order chi connectivity index (χ0) is 10.8. The van der Waals surface area contributed by atoms with Crippen LogP contribution in [0.25, 0.3) is 0 Å². The average molecular weight is 214 g/mol. The second-order valence-corrected chi connectivity index (χ2v) is 4.73. The summed E-state index contributed by atoms with van der Waals surface area (Å²) in [7, 11) is -4.08. The molecular formula is C10H14O3S. The first kappa shape index (κ1) is 11.2. The number of hydrogen-bond donors (Lipinski definition) is 1. The van der Waals surface area contributed by atoms with Crippen LogP contribution in [-0.2, 0) is 16.5 Å². The minimum absolute atomic E-state index is 0.0411. The molecule has 0 fully saturated rings. The highest BCUT2D eigenvalue weighted by atomic mass is 32.2. The molecule has 1 rings (SSSR count). The predicted molar refractivity (Wildman–Crippen MR) is 55.0 cm³/mol. The maximum atomic E-state index is 11.0. The fourth-order valence-electron chi connectivity index (χ4n) is 1.38. The summed E-state index contributed by atoms with van der Waals surface area (Å²) >= 11 is 0. The molecule has 1 N–H and O–H groups in total. The molecule has 0 aliphatic rings. The van der Waals surface area contributed by atoms with Crippen LogP contribution >= 0.6 is 0 Å². The van der Waals surface area contributed by atoms with Gasteiger partial charge in [0, 0.05) is 0 Å². The second kappa shape index (κ2) is 4.11. The van der Waals surface area contributed by atoms with Gasteiger partial charge in [0.2, 0.25) is 0 Å². The fourth-order valence-corrected chi connectivity index (χ4v) is 2.21. The molecule has 0 atom stereocenters. The molecule has 4 heteroatoms. The predicted octanol–water partition coefficient (Wildman–Crippen LogP) is 2.19. The van der Waals surface area contributed by atoms with Crippen LogP contribution in [0.5, 0.6) is 0 Å². The number of hydrogen-bond acceptors (Lipinski definition) is 2. The van der Waals surface area contributed by atoms with Crippen molar-refractivity contribution in [2.75, 3.05) is 0 Å². The minimum Gasteiger partial charge on any atom is -0.282 e. The van der Waals surface area contributed by atoms with Gasteiger partial charge in [-0.2, -0.15) is 8.42 Å². The maximum absolute atomic E-state index is 11.0. The van der Waals surface area contributed by atoms with E-state index in [1.807, 2.05) is 13.0 Å². The first-order valence-electron chi connectivity index (χ1n) is 4.52. The highest BCUT2D eigenvalue weighted by Crippen LogP contribution is 2.18. The lowest BCUT2D eigenvalue weighted by Gasteiger charge is -2.06. The quantitative estimate of drug-likeness (QED) is 0.785. The van der Waals surface area contributed by atoms with E-state index in [-0.39, 0.29) is 4.90 Å². The van der Waals surface area contributed by atoms with E-state index in [0.717, 1.165) is 12.0 Å². The van der Waals surface area contributed by atoms with Crippen LogP contribution in [0.3, 0.4) is 0 Å². The molecule has 0 amide bonds. The first-order valence-corrected chi connectivity index (χ1v) is 5.96. The molecule has 0 aliphatic heterocycles. The SMILES string of the molecule is CCCc1ccc(C)cc1S(=O)(=O)O. The summed E-state index contributed by atoms with van der Waals surface area (Å²) in [5.41, 5.74) is 1.51. The molecular weight excluding hydrogens is 200 g/mol. The summed E-state index contributed by atoms with van der Waals surface area (Å²) in [5.74, 6) is 0. The molecule has 0 saturated carbocycles. The van der Waals surface area contributed by atoms with E-state index in [4.69, 9.17) is 4.55 Å². The van der Waals surface area contributed by atoms with Gasteiger partial charge in [0.1, 0.15) is 0 Å². The van der Waals surface area contributed by atoms with Crippen molar-refractivity contribution in [3.63, 3.8) is 0 Å². The molecule has 0 bridgehead atoms. The minimum atomic E-state index is -4.08. The molecule has 0 radical (unpaired) electrons. The Labute approximate surface area is 84.5 Å². The van der Waals surface area contributed by atoms with Crippen molar-refractivity contribution in [1.29, 1.82) is 0 Å². The highest BCUT2D eigenvalue weighted by Gasteiger charge is 2.14. The summed E-state index contributed by atoms with van der Waals surface area (Å²) in [4.78, 5) is 0.0411. The number of aryl methyl sites for hydroxylation is 2. The molecule has 0 aromatic heterocycles. The Balaban J connectivity index is 3.30. The Morgan fingerprint density at radius 1 is 1.36 bits per heavy atom. The van der Waals surface area contributed by atoms with Crippen molar-refractivity contribution in [1.82, 2.24) is 0 Å². The van der Waals surface area contributed by atoms with Gasteiger partial charge in [-0.05, 0) is 30.5 Å². The summed E-state index contributed by atoms with van der Waals surface area (Å²) in [5, 5.41) is 0. The third-order valence-electron chi connectivity index (χ3n) is 2.02. The number of rotatable bonds is 3. The Kier molecular flexibility index (Phi) is 3.29. The third-order valence-corrected chi connectivity index (χ3v) is 2.96. The highest BCUT2D eigenvalue weighted by molar-refractivity contribution is 7.85.